The molecule has 1 amide bonds. The molecule has 0 spiro atoms. The molecule has 2 aliphatic carbocycles. The van der Waals surface area contributed by atoms with Gasteiger partial charge < -0.3 is 19.1 Å². The van der Waals surface area contributed by atoms with Crippen LogP contribution in [0.4, 0.5) is 19.4 Å². The van der Waals surface area contributed by atoms with Crippen LogP contribution in [0.3, 0.4) is 0 Å². The zero-order valence-electron chi connectivity index (χ0n) is 23.8. The summed E-state index contributed by atoms with van der Waals surface area (Å²) in [6, 6.07) is 10.9. The molecule has 1 aliphatic heterocycles. The van der Waals surface area contributed by atoms with Crippen LogP contribution in [0.25, 0.3) is 5.57 Å². The van der Waals surface area contributed by atoms with Gasteiger partial charge >= 0.3 is 12.7 Å². The number of nitrogens with one attached hydrogen (secondary N) is 1. The molecule has 1 aromatic carbocycles. The molecule has 1 N–H and O–H groups in total. The number of anilines is 1. The van der Waals surface area contributed by atoms with Gasteiger partial charge in [-0.3, -0.25) is 9.53 Å². The summed E-state index contributed by atoms with van der Waals surface area (Å²) in [6.07, 6.45) is 5.42. The number of halogens is 2. The van der Waals surface area contributed by atoms with E-state index in [4.69, 9.17) is 19.4 Å². The molecule has 5 rings (SSSR count). The fraction of sp³-hybridized carbons (Fsp3) is 0.500. The van der Waals surface area contributed by atoms with Crippen LogP contribution in [0.1, 0.15) is 51.0 Å². The highest BCUT2D eigenvalue weighted by atomic mass is 32.2. The van der Waals surface area contributed by atoms with E-state index in [1.54, 1.807) is 24.3 Å². The predicted octanol–water partition coefficient (Wildman–Crippen LogP) is 5.16. The Hall–Kier alpha value is -3.22. The number of carbonyl (C=O) groups is 1. The molecule has 3 aliphatic rings. The summed E-state index contributed by atoms with van der Waals surface area (Å²) in [5, 5.41) is 2.83. The maximum absolute atomic E-state index is 13.5. The van der Waals surface area contributed by atoms with E-state index in [-0.39, 0.29) is 30.7 Å². The van der Waals surface area contributed by atoms with Crippen molar-refractivity contribution in [3.8, 4) is 5.75 Å². The van der Waals surface area contributed by atoms with Gasteiger partial charge in [0.1, 0.15) is 11.6 Å². The lowest BCUT2D eigenvalue weighted by atomic mass is 9.90. The first kappa shape index (κ1) is 30.2. The van der Waals surface area contributed by atoms with Crippen molar-refractivity contribution in [3.05, 3.63) is 65.8 Å². The number of nitrogens with zero attached hydrogens (tertiary/aromatic N) is 3. The van der Waals surface area contributed by atoms with E-state index in [1.165, 1.54) is 0 Å². The number of allylic oxidation sites excluding steroid dienone is 4. The molecule has 3 atom stereocenters. The summed E-state index contributed by atoms with van der Waals surface area (Å²) in [5.74, 6) is 2.01. The number of carbonyl (C=O) groups excluding carboxylic acids is 1. The first-order valence-corrected chi connectivity index (χ1v) is 15.5. The molecule has 1 aromatic heterocycles. The van der Waals surface area contributed by atoms with Gasteiger partial charge in [0.05, 0.1) is 36.3 Å². The van der Waals surface area contributed by atoms with E-state index in [0.29, 0.717) is 56.3 Å². The third-order valence-electron chi connectivity index (χ3n) is 7.69. The lowest BCUT2D eigenvalue weighted by Gasteiger charge is -2.35. The molecular formula is C30H36F2N4O5S. The number of morpholine rings is 1. The number of para-hydroxylation sites is 1. The average molecular weight is 603 g/mol. The van der Waals surface area contributed by atoms with Crippen molar-refractivity contribution in [2.45, 2.75) is 56.9 Å². The second-order valence-electron chi connectivity index (χ2n) is 10.8. The zero-order chi connectivity index (χ0) is 29.7. The van der Waals surface area contributed by atoms with E-state index >= 15 is 0 Å². The van der Waals surface area contributed by atoms with Gasteiger partial charge in [-0.2, -0.15) is 8.78 Å². The van der Waals surface area contributed by atoms with Gasteiger partial charge in [-0.15, -0.1) is 0 Å². The van der Waals surface area contributed by atoms with Crippen LogP contribution in [0.15, 0.2) is 54.2 Å². The highest BCUT2D eigenvalue weighted by molar-refractivity contribution is 7.86. The highest BCUT2D eigenvalue weighted by Crippen LogP contribution is 2.51. The first-order valence-electron chi connectivity index (χ1n) is 14.2. The van der Waals surface area contributed by atoms with Crippen molar-refractivity contribution in [1.82, 2.24) is 15.3 Å². The Morgan fingerprint density at radius 3 is 2.69 bits per heavy atom. The maximum Gasteiger partial charge on any atom is 0.416 e. The van der Waals surface area contributed by atoms with Crippen LogP contribution in [0.5, 0.6) is 5.75 Å². The minimum Gasteiger partial charge on any atom is -0.410 e. The van der Waals surface area contributed by atoms with E-state index in [1.807, 2.05) is 31.2 Å². The molecule has 226 valence electrons. The monoisotopic (exact) mass is 602 g/mol. The highest BCUT2D eigenvalue weighted by Gasteiger charge is 2.51. The van der Waals surface area contributed by atoms with Gasteiger partial charge in [0.25, 0.3) is 0 Å². The van der Waals surface area contributed by atoms with Crippen LogP contribution in [0, 0.1) is 5.92 Å². The molecular weight excluding hydrogens is 566 g/mol. The third kappa shape index (κ3) is 7.22. The summed E-state index contributed by atoms with van der Waals surface area (Å²) in [4.78, 5) is 24.5. The number of aromatic nitrogens is 2. The number of rotatable bonds is 11. The second kappa shape index (κ2) is 13.4. The molecule has 0 radical (unpaired) electrons. The van der Waals surface area contributed by atoms with Crippen LogP contribution in [0.2, 0.25) is 0 Å². The van der Waals surface area contributed by atoms with Gasteiger partial charge in [0.15, 0.2) is 5.82 Å². The second-order valence-corrected chi connectivity index (χ2v) is 12.7. The van der Waals surface area contributed by atoms with Crippen molar-refractivity contribution in [3.63, 3.8) is 0 Å². The molecule has 2 fully saturated rings. The smallest absolute Gasteiger partial charge is 0.410 e. The normalized spacial score (nSPS) is 22.3. The van der Waals surface area contributed by atoms with Gasteiger partial charge in [-0.05, 0) is 56.7 Å². The van der Waals surface area contributed by atoms with Gasteiger partial charge in [-0.1, -0.05) is 31.2 Å². The first-order chi connectivity index (χ1) is 20.2. The molecule has 2 aromatic rings. The predicted molar refractivity (Wildman–Crippen MR) is 156 cm³/mol. The lowest BCUT2D eigenvalue weighted by Crippen LogP contribution is -2.44. The number of benzene rings is 1. The number of amides is 1. The standard InChI is InChI=1S/C30H36F2N4O5S/c1-20-17-22(33-29(37)41-23-7-4-3-5-8-23)9-10-24(20)27-34-25(18-26(35-27)36-13-15-39-19-21(36)2)30(11-12-30)42(38)16-6-14-40-28(31)32/h3-5,7-10,18,20-21,28H,6,11-17,19H2,1-2H3,(H,33,37)/t20?,21-,42?/m0/s1. The van der Waals surface area contributed by atoms with Gasteiger partial charge in [0.2, 0.25) is 0 Å². The lowest BCUT2D eigenvalue weighted by molar-refractivity contribution is -0.128. The topological polar surface area (TPSA) is 103 Å². The van der Waals surface area contributed by atoms with Crippen LogP contribution in [-0.2, 0) is 25.0 Å². The fourth-order valence-electron chi connectivity index (χ4n) is 5.29. The number of ether oxygens (including phenoxy) is 3. The van der Waals surface area contributed by atoms with Gasteiger partial charge in [-0.25, -0.2) is 14.8 Å². The molecule has 9 nitrogen and oxygen atoms in total. The zero-order valence-corrected chi connectivity index (χ0v) is 24.6. The Labute approximate surface area is 246 Å². The Kier molecular flexibility index (Phi) is 9.64. The Bertz CT molecular complexity index is 1350. The molecule has 2 unspecified atom stereocenters. The summed E-state index contributed by atoms with van der Waals surface area (Å²) in [6.45, 7) is 2.97. The summed E-state index contributed by atoms with van der Waals surface area (Å²) in [5.41, 5.74) is 2.34. The van der Waals surface area contributed by atoms with Crippen molar-refractivity contribution in [2.75, 3.05) is 37.0 Å². The van der Waals surface area contributed by atoms with Crippen LogP contribution < -0.4 is 15.0 Å². The SMILES string of the molecule is CC1CC(NC(=O)Oc2ccccc2)=CC=C1c1nc(N2CCOC[C@@H]2C)cc(C2(S(=O)CCCOC(F)F)CC2)n1. The van der Waals surface area contributed by atoms with E-state index in [2.05, 4.69) is 21.9 Å². The summed E-state index contributed by atoms with van der Waals surface area (Å²) < 4.78 is 52.9. The molecule has 12 heteroatoms. The number of hydrogen-bond acceptors (Lipinski definition) is 8. The van der Waals surface area contributed by atoms with E-state index in [9.17, 15) is 17.8 Å². The third-order valence-corrected chi connectivity index (χ3v) is 9.84. The molecule has 42 heavy (non-hydrogen) atoms. The molecule has 1 saturated carbocycles. The Morgan fingerprint density at radius 2 is 2.00 bits per heavy atom. The van der Waals surface area contributed by atoms with Crippen LogP contribution in [-0.4, -0.2) is 65.0 Å². The maximum atomic E-state index is 13.5. The van der Waals surface area contributed by atoms with E-state index < -0.39 is 28.3 Å². The molecule has 2 heterocycles. The number of alkyl halides is 2. The Morgan fingerprint density at radius 1 is 1.21 bits per heavy atom. The molecule has 1 saturated heterocycles. The quantitative estimate of drug-likeness (QED) is 0.352. The van der Waals surface area contributed by atoms with Crippen molar-refractivity contribution < 1.29 is 32.0 Å². The summed E-state index contributed by atoms with van der Waals surface area (Å²) in [7, 11) is -1.31. The Balaban J connectivity index is 1.39. The largest absolute Gasteiger partial charge is 0.416 e. The van der Waals surface area contributed by atoms with Crippen molar-refractivity contribution in [1.29, 1.82) is 0 Å². The summed E-state index contributed by atoms with van der Waals surface area (Å²) >= 11 is 0. The minimum atomic E-state index is -2.83. The van der Waals surface area contributed by atoms with Crippen molar-refractivity contribution >= 4 is 28.3 Å². The number of hydrogen-bond donors (Lipinski definition) is 1. The fourth-order valence-corrected chi connectivity index (χ4v) is 6.95. The average Bonchev–Trinajstić information content (AvgIpc) is 3.78. The minimum absolute atomic E-state index is 0.0145. The van der Waals surface area contributed by atoms with Gasteiger partial charge in [0, 0.05) is 40.4 Å². The van der Waals surface area contributed by atoms with Crippen LogP contribution >= 0.6 is 0 Å². The van der Waals surface area contributed by atoms with E-state index in [0.717, 1.165) is 17.1 Å². The molecule has 0 bridgehead atoms. The van der Waals surface area contributed by atoms with Crippen molar-refractivity contribution in [2.24, 2.45) is 5.92 Å².